The van der Waals surface area contributed by atoms with Crippen molar-refractivity contribution in [1.82, 2.24) is 9.55 Å². The molecule has 2 rings (SSSR count). The number of benzene rings is 1. The summed E-state index contributed by atoms with van der Waals surface area (Å²) in [6.45, 7) is 0. The highest BCUT2D eigenvalue weighted by Crippen LogP contribution is 2.24. The average Bonchev–Trinajstić information content (AvgIpc) is 2.85. The molecular weight excluding hydrogens is 296 g/mol. The highest BCUT2D eigenvalue weighted by molar-refractivity contribution is 7.92. The summed E-state index contributed by atoms with van der Waals surface area (Å²) < 4.78 is 27.7. The minimum Gasteiger partial charge on any atom is -0.389 e. The van der Waals surface area contributed by atoms with Crippen LogP contribution in [0.3, 0.4) is 0 Å². The second-order valence-corrected chi connectivity index (χ2v) is 6.59. The van der Waals surface area contributed by atoms with Crippen LogP contribution in [-0.2, 0) is 17.1 Å². The van der Waals surface area contributed by atoms with E-state index in [0.29, 0.717) is 11.3 Å². The number of nitrogens with zero attached hydrogens (tertiary/aromatic N) is 3. The molecule has 1 aromatic carbocycles. The van der Waals surface area contributed by atoms with Gasteiger partial charge in [-0.05, 0) is 12.1 Å². The molecule has 106 valence electrons. The van der Waals surface area contributed by atoms with Crippen molar-refractivity contribution >= 4 is 32.9 Å². The van der Waals surface area contributed by atoms with Gasteiger partial charge in [-0.1, -0.05) is 24.4 Å². The van der Waals surface area contributed by atoms with Gasteiger partial charge in [0.1, 0.15) is 4.99 Å². The van der Waals surface area contributed by atoms with E-state index in [9.17, 15) is 8.42 Å². The zero-order valence-electron chi connectivity index (χ0n) is 11.0. The van der Waals surface area contributed by atoms with Crippen LogP contribution in [0.1, 0.15) is 5.56 Å². The number of rotatable bonds is 4. The predicted molar refractivity (Wildman–Crippen MR) is 81.1 cm³/mol. The fraction of sp³-hybridized carbons (Fsp3) is 0.167. The summed E-state index contributed by atoms with van der Waals surface area (Å²) in [6.07, 6.45) is 2.87. The van der Waals surface area contributed by atoms with Gasteiger partial charge in [-0.3, -0.25) is 4.31 Å². The molecule has 1 aromatic heterocycles. The number of sulfonamides is 1. The second-order valence-electron chi connectivity index (χ2n) is 4.23. The van der Waals surface area contributed by atoms with Crippen LogP contribution in [-0.4, -0.2) is 30.0 Å². The molecule has 0 aliphatic rings. The molecule has 0 spiro atoms. The first-order valence-corrected chi connectivity index (χ1v) is 7.54. The third kappa shape index (κ3) is 2.52. The van der Waals surface area contributed by atoms with E-state index < -0.39 is 10.0 Å². The Morgan fingerprint density at radius 1 is 1.40 bits per heavy atom. The molecule has 0 bridgehead atoms. The second kappa shape index (κ2) is 5.22. The minimum atomic E-state index is -3.74. The molecule has 0 amide bonds. The van der Waals surface area contributed by atoms with E-state index >= 15 is 0 Å². The summed E-state index contributed by atoms with van der Waals surface area (Å²) in [6, 6.07) is 6.80. The third-order valence-corrected chi connectivity index (χ3v) is 4.69. The SMILES string of the molecule is CN(c1ccccc1C(N)=S)S(=O)(=O)c1cn(C)cn1. The lowest BCUT2D eigenvalue weighted by Crippen LogP contribution is -2.29. The topological polar surface area (TPSA) is 81.2 Å². The van der Waals surface area contributed by atoms with Crippen molar-refractivity contribution in [3.05, 3.63) is 42.4 Å². The third-order valence-electron chi connectivity index (χ3n) is 2.81. The van der Waals surface area contributed by atoms with Crippen molar-refractivity contribution < 1.29 is 8.42 Å². The highest BCUT2D eigenvalue weighted by atomic mass is 32.2. The molecule has 0 atom stereocenters. The smallest absolute Gasteiger partial charge is 0.283 e. The molecule has 0 saturated carbocycles. The van der Waals surface area contributed by atoms with Crippen LogP contribution >= 0.6 is 12.2 Å². The summed E-state index contributed by atoms with van der Waals surface area (Å²) in [5.41, 5.74) is 6.55. The molecule has 0 unspecified atom stereocenters. The number of nitrogens with two attached hydrogens (primary N) is 1. The Labute approximate surface area is 122 Å². The number of aryl methyl sites for hydroxylation is 1. The van der Waals surface area contributed by atoms with E-state index in [1.165, 1.54) is 19.6 Å². The molecule has 0 radical (unpaired) electrons. The monoisotopic (exact) mass is 310 g/mol. The lowest BCUT2D eigenvalue weighted by Gasteiger charge is -2.20. The standard InChI is InChI=1S/C12H14N4O2S2/c1-15-7-11(14-8-15)20(17,18)16(2)10-6-4-3-5-9(10)12(13)19/h3-8H,1-2H3,(H2,13,19). The fourth-order valence-corrected chi connectivity index (χ4v) is 3.10. The van der Waals surface area contributed by atoms with Gasteiger partial charge < -0.3 is 10.3 Å². The number of aromatic nitrogens is 2. The molecule has 0 aliphatic heterocycles. The number of hydrogen-bond acceptors (Lipinski definition) is 4. The molecule has 6 nitrogen and oxygen atoms in total. The first kappa shape index (κ1) is 14.5. The predicted octanol–water partition coefficient (Wildman–Crippen LogP) is 0.879. The van der Waals surface area contributed by atoms with E-state index in [-0.39, 0.29) is 10.0 Å². The molecule has 2 N–H and O–H groups in total. The van der Waals surface area contributed by atoms with Gasteiger partial charge in [0.2, 0.25) is 0 Å². The lowest BCUT2D eigenvalue weighted by atomic mass is 10.2. The van der Waals surface area contributed by atoms with Gasteiger partial charge in [-0.2, -0.15) is 8.42 Å². The summed E-state index contributed by atoms with van der Waals surface area (Å²) in [5, 5.41) is -0.0276. The van der Waals surface area contributed by atoms with Crippen molar-refractivity contribution in [2.45, 2.75) is 5.03 Å². The van der Waals surface area contributed by atoms with E-state index in [2.05, 4.69) is 4.98 Å². The number of hydrogen-bond donors (Lipinski definition) is 1. The van der Waals surface area contributed by atoms with Crippen LogP contribution < -0.4 is 10.0 Å². The Kier molecular flexibility index (Phi) is 3.78. The number of imidazole rings is 1. The molecule has 8 heteroatoms. The van der Waals surface area contributed by atoms with E-state index in [0.717, 1.165) is 4.31 Å². The molecule has 20 heavy (non-hydrogen) atoms. The Balaban J connectivity index is 2.51. The summed E-state index contributed by atoms with van der Waals surface area (Å²) in [7, 11) is -0.592. The van der Waals surface area contributed by atoms with Gasteiger partial charge in [0.15, 0.2) is 5.03 Å². The maximum atomic E-state index is 12.5. The van der Waals surface area contributed by atoms with Crippen molar-refractivity contribution in [2.75, 3.05) is 11.4 Å². The van der Waals surface area contributed by atoms with Crippen molar-refractivity contribution in [2.24, 2.45) is 12.8 Å². The zero-order valence-corrected chi connectivity index (χ0v) is 12.6. The maximum absolute atomic E-state index is 12.5. The molecule has 0 saturated heterocycles. The number of anilines is 1. The molecule has 2 aromatic rings. The van der Waals surface area contributed by atoms with Gasteiger partial charge in [-0.25, -0.2) is 4.98 Å². The van der Waals surface area contributed by atoms with Crippen LogP contribution in [0.5, 0.6) is 0 Å². The Bertz CT molecular complexity index is 752. The summed E-state index contributed by atoms with van der Waals surface area (Å²) in [5.74, 6) is 0. The van der Waals surface area contributed by atoms with Crippen LogP contribution in [0.25, 0.3) is 0 Å². The molecule has 1 heterocycles. The van der Waals surface area contributed by atoms with Gasteiger partial charge in [0.25, 0.3) is 10.0 Å². The van der Waals surface area contributed by atoms with Gasteiger partial charge in [0.05, 0.1) is 12.0 Å². The fourth-order valence-electron chi connectivity index (χ4n) is 1.75. The number of para-hydroxylation sites is 1. The first-order valence-electron chi connectivity index (χ1n) is 5.70. The van der Waals surface area contributed by atoms with Crippen LogP contribution in [0.15, 0.2) is 41.8 Å². The average molecular weight is 310 g/mol. The van der Waals surface area contributed by atoms with Crippen molar-refractivity contribution in [1.29, 1.82) is 0 Å². The summed E-state index contributed by atoms with van der Waals surface area (Å²) >= 11 is 4.95. The molecule has 0 aliphatic carbocycles. The van der Waals surface area contributed by atoms with Crippen molar-refractivity contribution in [3.8, 4) is 0 Å². The summed E-state index contributed by atoms with van der Waals surface area (Å²) in [4.78, 5) is 4.02. The Morgan fingerprint density at radius 3 is 2.60 bits per heavy atom. The molecular formula is C12H14N4O2S2. The quantitative estimate of drug-likeness (QED) is 0.848. The van der Waals surface area contributed by atoms with E-state index in [1.54, 1.807) is 35.9 Å². The Hall–Kier alpha value is -1.93. The minimum absolute atomic E-state index is 0.0276. The normalized spacial score (nSPS) is 11.3. The first-order chi connectivity index (χ1) is 9.34. The number of thiocarbonyl (C=S) groups is 1. The van der Waals surface area contributed by atoms with E-state index in [1.807, 2.05) is 0 Å². The van der Waals surface area contributed by atoms with Crippen LogP contribution in [0.4, 0.5) is 5.69 Å². The van der Waals surface area contributed by atoms with Crippen LogP contribution in [0, 0.1) is 0 Å². The zero-order chi connectivity index (χ0) is 14.9. The van der Waals surface area contributed by atoms with E-state index in [4.69, 9.17) is 18.0 Å². The largest absolute Gasteiger partial charge is 0.389 e. The molecule has 0 fully saturated rings. The van der Waals surface area contributed by atoms with Crippen LogP contribution in [0.2, 0.25) is 0 Å². The maximum Gasteiger partial charge on any atom is 0.283 e. The van der Waals surface area contributed by atoms with Gasteiger partial charge in [-0.15, -0.1) is 0 Å². The lowest BCUT2D eigenvalue weighted by molar-refractivity contribution is 0.591. The van der Waals surface area contributed by atoms with Crippen molar-refractivity contribution in [3.63, 3.8) is 0 Å². The highest BCUT2D eigenvalue weighted by Gasteiger charge is 2.25. The Morgan fingerprint density at radius 2 is 2.05 bits per heavy atom. The van der Waals surface area contributed by atoms with Gasteiger partial charge in [0, 0.05) is 25.9 Å². The van der Waals surface area contributed by atoms with Gasteiger partial charge >= 0.3 is 0 Å².